The molecule has 0 saturated carbocycles. The highest BCUT2D eigenvalue weighted by molar-refractivity contribution is 5.94. The molecule has 0 spiro atoms. The molecule has 1 aromatic heterocycles. The molecule has 0 aliphatic rings. The van der Waals surface area contributed by atoms with Gasteiger partial charge in [0, 0.05) is 29.9 Å². The summed E-state index contributed by atoms with van der Waals surface area (Å²) in [5, 5.41) is 26.8. The molecule has 0 aliphatic heterocycles. The number of amides is 3. The Kier molecular flexibility index (Phi) is 11.7. The Hall–Kier alpha value is -3.97. The minimum atomic E-state index is -1.27. The summed E-state index contributed by atoms with van der Waals surface area (Å²) in [6.45, 7) is 1.80. The molecule has 0 fully saturated rings. The lowest BCUT2D eigenvalue weighted by molar-refractivity contribution is -0.142. The third kappa shape index (κ3) is 9.16. The third-order valence-corrected chi connectivity index (χ3v) is 6.05. The minimum Gasteiger partial charge on any atom is -0.481 e. The second-order valence-corrected chi connectivity index (χ2v) is 9.08. The van der Waals surface area contributed by atoms with Crippen molar-refractivity contribution in [1.29, 1.82) is 0 Å². The van der Waals surface area contributed by atoms with Gasteiger partial charge < -0.3 is 42.6 Å². The number of aromatic amines is 1. The molecule has 4 atom stereocenters. The van der Waals surface area contributed by atoms with Gasteiger partial charge in [-0.3, -0.25) is 19.2 Å². The second kappa shape index (κ2) is 14.7. The monoisotopic (exact) mass is 532 g/mol. The lowest BCUT2D eigenvalue weighted by atomic mass is 10.0. The summed E-state index contributed by atoms with van der Waals surface area (Å²) >= 11 is 0. The molecule has 4 unspecified atom stereocenters. The van der Waals surface area contributed by atoms with Crippen molar-refractivity contribution in [2.24, 2.45) is 11.5 Å². The summed E-state index contributed by atoms with van der Waals surface area (Å²) in [5.41, 5.74) is 12.8. The molecular formula is C25H36N6O7. The van der Waals surface area contributed by atoms with Crippen LogP contribution in [0.5, 0.6) is 0 Å². The van der Waals surface area contributed by atoms with Crippen molar-refractivity contribution in [3.63, 3.8) is 0 Å². The average molecular weight is 533 g/mol. The van der Waals surface area contributed by atoms with E-state index in [1.54, 1.807) is 6.20 Å². The molecule has 2 rings (SSSR count). The molecular weight excluding hydrogens is 496 g/mol. The number of carboxylic acids is 2. The van der Waals surface area contributed by atoms with Gasteiger partial charge in [-0.1, -0.05) is 24.6 Å². The number of nitrogens with one attached hydrogen (secondary N) is 4. The van der Waals surface area contributed by atoms with Crippen LogP contribution in [0.15, 0.2) is 30.5 Å². The highest BCUT2D eigenvalue weighted by atomic mass is 16.4. The topological polar surface area (TPSA) is 230 Å². The van der Waals surface area contributed by atoms with Crippen LogP contribution in [-0.2, 0) is 30.4 Å². The van der Waals surface area contributed by atoms with Crippen LogP contribution >= 0.6 is 0 Å². The van der Waals surface area contributed by atoms with E-state index in [0.29, 0.717) is 31.4 Å². The predicted molar refractivity (Wildman–Crippen MR) is 139 cm³/mol. The van der Waals surface area contributed by atoms with Gasteiger partial charge in [0.05, 0.1) is 6.04 Å². The van der Waals surface area contributed by atoms with Gasteiger partial charge in [-0.15, -0.1) is 0 Å². The van der Waals surface area contributed by atoms with Crippen LogP contribution in [-0.4, -0.2) is 75.6 Å². The Morgan fingerprint density at radius 1 is 0.921 bits per heavy atom. The fourth-order valence-electron chi connectivity index (χ4n) is 3.85. The van der Waals surface area contributed by atoms with Crippen LogP contribution in [0.2, 0.25) is 0 Å². The fraction of sp³-hybridized carbons (Fsp3) is 0.480. The number of carbonyl (C=O) groups is 5. The zero-order valence-corrected chi connectivity index (χ0v) is 21.2. The smallest absolute Gasteiger partial charge is 0.326 e. The van der Waals surface area contributed by atoms with Gasteiger partial charge in [0.2, 0.25) is 17.7 Å². The van der Waals surface area contributed by atoms with Crippen molar-refractivity contribution in [3.8, 4) is 0 Å². The molecule has 3 amide bonds. The van der Waals surface area contributed by atoms with Crippen molar-refractivity contribution in [3.05, 3.63) is 36.0 Å². The van der Waals surface area contributed by atoms with Gasteiger partial charge in [-0.25, -0.2) is 4.79 Å². The SMILES string of the molecule is CC(NC(=O)C(CCC(=O)O)NC(=O)C(N)CCCCN)C(=O)NC(Cc1c[nH]c2ccccc12)C(=O)O. The number of carbonyl (C=O) groups excluding carboxylic acids is 3. The van der Waals surface area contributed by atoms with Crippen LogP contribution in [0.4, 0.5) is 0 Å². The molecule has 1 heterocycles. The first-order valence-corrected chi connectivity index (χ1v) is 12.4. The molecule has 2 aromatic rings. The summed E-state index contributed by atoms with van der Waals surface area (Å²) in [7, 11) is 0. The van der Waals surface area contributed by atoms with E-state index in [2.05, 4.69) is 20.9 Å². The average Bonchev–Trinajstić information content (AvgIpc) is 3.28. The van der Waals surface area contributed by atoms with Gasteiger partial charge in [0.1, 0.15) is 18.1 Å². The van der Waals surface area contributed by atoms with Crippen LogP contribution in [0.1, 0.15) is 44.6 Å². The largest absolute Gasteiger partial charge is 0.481 e. The predicted octanol–water partition coefficient (Wildman–Crippen LogP) is -0.410. The molecule has 13 nitrogen and oxygen atoms in total. The van der Waals surface area contributed by atoms with Gasteiger partial charge in [0.25, 0.3) is 0 Å². The molecule has 1 aromatic carbocycles. The third-order valence-electron chi connectivity index (χ3n) is 6.05. The van der Waals surface area contributed by atoms with E-state index in [-0.39, 0.29) is 12.8 Å². The van der Waals surface area contributed by atoms with Gasteiger partial charge in [-0.2, -0.15) is 0 Å². The first kappa shape index (κ1) is 30.3. The normalized spacial score (nSPS) is 14.2. The van der Waals surface area contributed by atoms with Crippen LogP contribution < -0.4 is 27.4 Å². The maximum Gasteiger partial charge on any atom is 0.326 e. The van der Waals surface area contributed by atoms with Gasteiger partial charge >= 0.3 is 11.9 Å². The van der Waals surface area contributed by atoms with E-state index in [1.807, 2.05) is 24.3 Å². The molecule has 10 N–H and O–H groups in total. The van der Waals surface area contributed by atoms with E-state index in [0.717, 1.165) is 10.9 Å². The number of rotatable bonds is 16. The van der Waals surface area contributed by atoms with E-state index < -0.39 is 60.2 Å². The van der Waals surface area contributed by atoms with Crippen molar-refractivity contribution in [1.82, 2.24) is 20.9 Å². The van der Waals surface area contributed by atoms with Crippen molar-refractivity contribution in [2.45, 2.75) is 69.6 Å². The number of hydrogen-bond donors (Lipinski definition) is 8. The molecule has 0 saturated heterocycles. The fourth-order valence-corrected chi connectivity index (χ4v) is 3.85. The Morgan fingerprint density at radius 3 is 2.26 bits per heavy atom. The van der Waals surface area contributed by atoms with Crippen molar-refractivity contribution in [2.75, 3.05) is 6.54 Å². The summed E-state index contributed by atoms with van der Waals surface area (Å²) in [5.74, 6) is -4.60. The standard InChI is InChI=1S/C25H36N6O7/c1-14(22(34)31-20(25(37)38)12-15-13-28-18-8-3-2-6-16(15)18)29-24(36)19(9-10-21(32)33)30-23(35)17(27)7-4-5-11-26/h2-3,6,8,13-14,17,19-20,28H,4-5,7,9-12,26-27H2,1H3,(H,29,36)(H,30,35)(H,31,34)(H,32,33)(H,37,38). The van der Waals surface area contributed by atoms with Crippen LogP contribution in [0, 0.1) is 0 Å². The van der Waals surface area contributed by atoms with Gasteiger partial charge in [0.15, 0.2) is 0 Å². The highest BCUT2D eigenvalue weighted by Crippen LogP contribution is 2.19. The zero-order valence-electron chi connectivity index (χ0n) is 21.2. The Balaban J connectivity index is 2.02. The quantitative estimate of drug-likeness (QED) is 0.131. The number of benzene rings is 1. The number of fused-ring (bicyclic) bond motifs is 1. The lowest BCUT2D eigenvalue weighted by Gasteiger charge is -2.23. The first-order chi connectivity index (χ1) is 18.0. The highest BCUT2D eigenvalue weighted by Gasteiger charge is 2.29. The number of H-pyrrole nitrogens is 1. The number of aliphatic carboxylic acids is 2. The van der Waals surface area contributed by atoms with Gasteiger partial charge in [-0.05, 0) is 44.4 Å². The second-order valence-electron chi connectivity index (χ2n) is 9.08. The molecule has 208 valence electrons. The number of hydrogen-bond acceptors (Lipinski definition) is 7. The first-order valence-electron chi connectivity index (χ1n) is 12.4. The summed E-state index contributed by atoms with van der Waals surface area (Å²) in [6.07, 6.45) is 2.66. The maximum absolute atomic E-state index is 12.8. The van der Waals surface area contributed by atoms with Crippen molar-refractivity contribution >= 4 is 40.6 Å². The number of aromatic nitrogens is 1. The summed E-state index contributed by atoms with van der Waals surface area (Å²) in [4.78, 5) is 64.0. The number of nitrogens with two attached hydrogens (primary N) is 2. The summed E-state index contributed by atoms with van der Waals surface area (Å²) in [6, 6.07) is 2.73. The molecule has 38 heavy (non-hydrogen) atoms. The number of unbranched alkanes of at least 4 members (excludes halogenated alkanes) is 1. The molecule has 0 bridgehead atoms. The van der Waals surface area contributed by atoms with E-state index in [9.17, 15) is 29.1 Å². The van der Waals surface area contributed by atoms with Crippen LogP contribution in [0.25, 0.3) is 10.9 Å². The Morgan fingerprint density at radius 2 is 1.61 bits per heavy atom. The molecule has 13 heteroatoms. The van der Waals surface area contributed by atoms with Crippen LogP contribution in [0.3, 0.4) is 0 Å². The van der Waals surface area contributed by atoms with E-state index >= 15 is 0 Å². The molecule has 0 radical (unpaired) electrons. The maximum atomic E-state index is 12.8. The zero-order chi connectivity index (χ0) is 28.2. The summed E-state index contributed by atoms with van der Waals surface area (Å²) < 4.78 is 0. The van der Waals surface area contributed by atoms with E-state index in [4.69, 9.17) is 16.6 Å². The number of carboxylic acid groups (broad SMARTS) is 2. The minimum absolute atomic E-state index is 0.00505. The Bertz CT molecular complexity index is 1130. The van der Waals surface area contributed by atoms with E-state index in [1.165, 1.54) is 6.92 Å². The molecule has 0 aliphatic carbocycles. The Labute approximate surface area is 219 Å². The van der Waals surface area contributed by atoms with Crippen molar-refractivity contribution < 1.29 is 34.2 Å². The number of para-hydroxylation sites is 1. The lowest BCUT2D eigenvalue weighted by Crippen LogP contribution is -2.56.